The quantitative estimate of drug-likeness (QED) is 0.719. The van der Waals surface area contributed by atoms with Crippen LogP contribution in [0.25, 0.3) is 0 Å². The van der Waals surface area contributed by atoms with Crippen molar-refractivity contribution in [1.29, 1.82) is 0 Å². The molecule has 0 saturated carbocycles. The second-order valence-corrected chi connectivity index (χ2v) is 3.01. The third-order valence-corrected chi connectivity index (χ3v) is 1.99. The molecule has 0 saturated heterocycles. The average molecular weight is 193 g/mol. The van der Waals surface area contributed by atoms with E-state index in [1.54, 1.807) is 0 Å². The van der Waals surface area contributed by atoms with Crippen LogP contribution in [-0.4, -0.2) is 19.8 Å². The van der Waals surface area contributed by atoms with Gasteiger partial charge >= 0.3 is 0 Å². The van der Waals surface area contributed by atoms with Crippen molar-refractivity contribution in [3.8, 4) is 17.2 Å². The van der Waals surface area contributed by atoms with Gasteiger partial charge in [-0.3, -0.25) is 0 Å². The van der Waals surface area contributed by atoms with E-state index in [1.165, 1.54) is 0 Å². The van der Waals surface area contributed by atoms with E-state index in [9.17, 15) is 0 Å². The molecule has 0 unspecified atom stereocenters. The summed E-state index contributed by atoms with van der Waals surface area (Å²) in [5.41, 5.74) is 0. The summed E-state index contributed by atoms with van der Waals surface area (Å²) in [5.74, 6) is 2.32. The van der Waals surface area contributed by atoms with Crippen molar-refractivity contribution in [3.05, 3.63) is 25.1 Å². The molecule has 0 aromatic heterocycles. The highest BCUT2D eigenvalue weighted by Gasteiger charge is 2.10. The van der Waals surface area contributed by atoms with E-state index in [-0.39, 0.29) is 0 Å². The van der Waals surface area contributed by atoms with Gasteiger partial charge in [0.15, 0.2) is 11.5 Å². The predicted octanol–water partition coefficient (Wildman–Crippen LogP) is 2.06. The zero-order valence-electron chi connectivity index (χ0n) is 7.99. The molecule has 3 heteroatoms. The van der Waals surface area contributed by atoms with Gasteiger partial charge in [-0.25, -0.2) is 0 Å². The van der Waals surface area contributed by atoms with Gasteiger partial charge in [0.25, 0.3) is 0 Å². The van der Waals surface area contributed by atoms with Crippen LogP contribution < -0.4 is 14.2 Å². The Labute approximate surface area is 83.6 Å². The largest absolute Gasteiger partial charge is 0.493 e. The SMILES string of the molecule is [CH2]COc1ccc2c(c1)OCCCO2. The minimum Gasteiger partial charge on any atom is -0.493 e. The van der Waals surface area contributed by atoms with Gasteiger partial charge in [-0.05, 0) is 19.1 Å². The molecular formula is C11H13O3. The van der Waals surface area contributed by atoms with E-state index in [0.29, 0.717) is 19.8 Å². The van der Waals surface area contributed by atoms with E-state index in [2.05, 4.69) is 6.92 Å². The van der Waals surface area contributed by atoms with Crippen LogP contribution in [0.2, 0.25) is 0 Å². The van der Waals surface area contributed by atoms with Crippen molar-refractivity contribution in [3.63, 3.8) is 0 Å². The average Bonchev–Trinajstić information content (AvgIpc) is 2.42. The first-order valence-corrected chi connectivity index (χ1v) is 4.72. The lowest BCUT2D eigenvalue weighted by Gasteiger charge is -2.09. The van der Waals surface area contributed by atoms with Crippen molar-refractivity contribution in [2.45, 2.75) is 6.42 Å². The lowest BCUT2D eigenvalue weighted by atomic mass is 10.3. The Hall–Kier alpha value is -1.38. The maximum atomic E-state index is 5.51. The van der Waals surface area contributed by atoms with E-state index in [4.69, 9.17) is 14.2 Å². The van der Waals surface area contributed by atoms with Crippen LogP contribution in [0.15, 0.2) is 18.2 Å². The first-order chi connectivity index (χ1) is 6.90. The lowest BCUT2D eigenvalue weighted by molar-refractivity contribution is 0.296. The van der Waals surface area contributed by atoms with Crippen LogP contribution in [0, 0.1) is 6.92 Å². The molecule has 1 aromatic rings. The Morgan fingerprint density at radius 3 is 2.79 bits per heavy atom. The van der Waals surface area contributed by atoms with Crippen LogP contribution in [0.1, 0.15) is 6.42 Å². The molecular weight excluding hydrogens is 180 g/mol. The van der Waals surface area contributed by atoms with Gasteiger partial charge in [-0.2, -0.15) is 0 Å². The number of hydrogen-bond donors (Lipinski definition) is 0. The van der Waals surface area contributed by atoms with Crippen molar-refractivity contribution in [1.82, 2.24) is 0 Å². The Morgan fingerprint density at radius 1 is 1.21 bits per heavy atom. The number of benzene rings is 1. The third kappa shape index (κ3) is 1.92. The Balaban J connectivity index is 2.23. The summed E-state index contributed by atoms with van der Waals surface area (Å²) in [5, 5.41) is 0. The summed E-state index contributed by atoms with van der Waals surface area (Å²) >= 11 is 0. The zero-order chi connectivity index (χ0) is 9.80. The molecule has 0 amide bonds. The van der Waals surface area contributed by atoms with Crippen LogP contribution in [0.3, 0.4) is 0 Å². The van der Waals surface area contributed by atoms with Crippen LogP contribution in [0.5, 0.6) is 17.2 Å². The number of ether oxygens (including phenoxy) is 3. The Morgan fingerprint density at radius 2 is 2.00 bits per heavy atom. The van der Waals surface area contributed by atoms with E-state index < -0.39 is 0 Å². The predicted molar refractivity (Wildman–Crippen MR) is 52.9 cm³/mol. The van der Waals surface area contributed by atoms with Crippen LogP contribution in [0.4, 0.5) is 0 Å². The highest BCUT2D eigenvalue weighted by Crippen LogP contribution is 2.33. The van der Waals surface area contributed by atoms with Gasteiger partial charge in [0.2, 0.25) is 0 Å². The molecule has 0 spiro atoms. The minimum atomic E-state index is 0.416. The number of fused-ring (bicyclic) bond motifs is 1. The van der Waals surface area contributed by atoms with Gasteiger partial charge in [0.05, 0.1) is 19.8 Å². The number of rotatable bonds is 2. The summed E-state index contributed by atoms with van der Waals surface area (Å²) in [7, 11) is 0. The molecule has 1 radical (unpaired) electrons. The molecule has 1 aromatic carbocycles. The highest BCUT2D eigenvalue weighted by molar-refractivity contribution is 5.45. The van der Waals surface area contributed by atoms with Crippen molar-refractivity contribution in [2.24, 2.45) is 0 Å². The molecule has 1 aliphatic heterocycles. The summed E-state index contributed by atoms with van der Waals surface area (Å²) in [4.78, 5) is 0. The first-order valence-electron chi connectivity index (χ1n) is 4.72. The molecule has 75 valence electrons. The van der Waals surface area contributed by atoms with Gasteiger partial charge < -0.3 is 14.2 Å². The second-order valence-electron chi connectivity index (χ2n) is 3.01. The molecule has 0 fully saturated rings. The maximum absolute atomic E-state index is 5.51. The molecule has 1 aliphatic rings. The highest BCUT2D eigenvalue weighted by atomic mass is 16.5. The summed E-state index contributed by atoms with van der Waals surface area (Å²) in [6.07, 6.45) is 0.917. The maximum Gasteiger partial charge on any atom is 0.164 e. The first kappa shape index (κ1) is 9.19. The fraction of sp³-hybridized carbons (Fsp3) is 0.364. The van der Waals surface area contributed by atoms with Crippen molar-refractivity contribution >= 4 is 0 Å². The van der Waals surface area contributed by atoms with Crippen molar-refractivity contribution in [2.75, 3.05) is 19.8 Å². The van der Waals surface area contributed by atoms with Gasteiger partial charge in [0, 0.05) is 12.5 Å². The molecule has 2 rings (SSSR count). The van der Waals surface area contributed by atoms with E-state index in [1.807, 2.05) is 18.2 Å². The normalized spacial score (nSPS) is 14.6. The smallest absolute Gasteiger partial charge is 0.164 e. The van der Waals surface area contributed by atoms with Crippen LogP contribution in [-0.2, 0) is 0 Å². The standard InChI is InChI=1S/C11H13O3/c1-2-12-9-4-5-10-11(8-9)14-7-3-6-13-10/h4-5,8H,1-3,6-7H2. The fourth-order valence-electron chi connectivity index (χ4n) is 1.35. The van der Waals surface area contributed by atoms with E-state index in [0.717, 1.165) is 23.7 Å². The second kappa shape index (κ2) is 4.22. The fourth-order valence-corrected chi connectivity index (χ4v) is 1.35. The van der Waals surface area contributed by atoms with Gasteiger partial charge in [-0.15, -0.1) is 0 Å². The summed E-state index contributed by atoms with van der Waals surface area (Å²) in [6.45, 7) is 5.44. The van der Waals surface area contributed by atoms with Crippen molar-refractivity contribution < 1.29 is 14.2 Å². The molecule has 14 heavy (non-hydrogen) atoms. The lowest BCUT2D eigenvalue weighted by Crippen LogP contribution is -1.97. The molecule has 3 nitrogen and oxygen atoms in total. The topological polar surface area (TPSA) is 27.7 Å². The number of hydrogen-bond acceptors (Lipinski definition) is 3. The van der Waals surface area contributed by atoms with Gasteiger partial charge in [0.1, 0.15) is 5.75 Å². The molecule has 0 aliphatic carbocycles. The molecule has 1 heterocycles. The van der Waals surface area contributed by atoms with Gasteiger partial charge in [-0.1, -0.05) is 0 Å². The van der Waals surface area contributed by atoms with Crippen LogP contribution >= 0.6 is 0 Å². The molecule has 0 bridgehead atoms. The monoisotopic (exact) mass is 193 g/mol. The molecule has 0 N–H and O–H groups in total. The van der Waals surface area contributed by atoms with E-state index >= 15 is 0 Å². The Kier molecular flexibility index (Phi) is 2.77. The minimum absolute atomic E-state index is 0.416. The zero-order valence-corrected chi connectivity index (χ0v) is 7.99. The summed E-state index contributed by atoms with van der Waals surface area (Å²) in [6, 6.07) is 5.57. The third-order valence-electron chi connectivity index (χ3n) is 1.99. The molecule has 0 atom stereocenters. The Bertz CT molecular complexity index is 309. The summed E-state index contributed by atoms with van der Waals surface area (Å²) < 4.78 is 16.3.